The number of fused-ring (bicyclic) bond motifs is 1. The molecular formula is C24H18N4O2S. The van der Waals surface area contributed by atoms with Gasteiger partial charge in [0, 0.05) is 22.2 Å². The van der Waals surface area contributed by atoms with Crippen LogP contribution in [0.1, 0.15) is 11.1 Å². The van der Waals surface area contributed by atoms with E-state index in [-0.39, 0.29) is 5.91 Å². The number of nitriles is 1. The Morgan fingerprint density at radius 2 is 1.87 bits per heavy atom. The molecule has 0 aliphatic carbocycles. The van der Waals surface area contributed by atoms with Crippen LogP contribution in [0.15, 0.2) is 77.7 Å². The fourth-order valence-corrected chi connectivity index (χ4v) is 3.50. The first-order valence-corrected chi connectivity index (χ1v) is 10.7. The highest BCUT2D eigenvalue weighted by Gasteiger charge is 2.12. The first-order chi connectivity index (χ1) is 15.1. The lowest BCUT2D eigenvalue weighted by Gasteiger charge is -2.05. The third-order valence-corrected chi connectivity index (χ3v) is 5.46. The van der Waals surface area contributed by atoms with Crippen LogP contribution in [-0.2, 0) is 4.79 Å². The van der Waals surface area contributed by atoms with Crippen LogP contribution in [0, 0.1) is 11.3 Å². The van der Waals surface area contributed by atoms with Crippen molar-refractivity contribution >= 4 is 40.5 Å². The standard InChI is InChI=1S/C24H18N4O2S/c1-31-20-10-2-16(3-11-20)5-13-23(29)26-19-8-6-18(7-9-19)24-27-21-12-4-17(15-25)14-22(21)28(24)30/h2-14,30H,1H3,(H,26,29)/b13-5+. The molecule has 7 heteroatoms. The fraction of sp³-hybridized carbons (Fsp3) is 0.0417. The molecule has 0 radical (unpaired) electrons. The topological polar surface area (TPSA) is 90.9 Å². The van der Waals surface area contributed by atoms with Gasteiger partial charge < -0.3 is 10.5 Å². The summed E-state index contributed by atoms with van der Waals surface area (Å²) in [6.07, 6.45) is 5.27. The SMILES string of the molecule is CSc1ccc(/C=C/C(=O)Nc2ccc(-c3nc4ccc(C#N)cc4n3O)cc2)cc1. The lowest BCUT2D eigenvalue weighted by Crippen LogP contribution is -2.07. The second kappa shape index (κ2) is 8.78. The Balaban J connectivity index is 1.47. The molecule has 6 nitrogen and oxygen atoms in total. The number of benzene rings is 3. The zero-order valence-corrected chi connectivity index (χ0v) is 17.4. The van der Waals surface area contributed by atoms with Gasteiger partial charge >= 0.3 is 0 Å². The largest absolute Gasteiger partial charge is 0.426 e. The Morgan fingerprint density at radius 1 is 1.13 bits per heavy atom. The second-order valence-corrected chi connectivity index (χ2v) is 7.62. The van der Waals surface area contributed by atoms with E-state index in [2.05, 4.69) is 10.3 Å². The van der Waals surface area contributed by atoms with Crippen LogP contribution in [0.2, 0.25) is 0 Å². The van der Waals surface area contributed by atoms with Crippen molar-refractivity contribution in [1.82, 2.24) is 9.71 Å². The second-order valence-electron chi connectivity index (χ2n) is 6.74. The molecular weight excluding hydrogens is 408 g/mol. The molecule has 2 N–H and O–H groups in total. The van der Waals surface area contributed by atoms with Gasteiger partial charge in [-0.1, -0.05) is 12.1 Å². The number of carbonyl (C=O) groups excluding carboxylic acids is 1. The molecule has 31 heavy (non-hydrogen) atoms. The zero-order valence-electron chi connectivity index (χ0n) is 16.6. The molecule has 1 heterocycles. The van der Waals surface area contributed by atoms with Gasteiger partial charge in [-0.2, -0.15) is 9.99 Å². The molecule has 4 rings (SSSR count). The molecule has 0 bridgehead atoms. The van der Waals surface area contributed by atoms with E-state index in [0.29, 0.717) is 33.7 Å². The normalized spacial score (nSPS) is 11.0. The summed E-state index contributed by atoms with van der Waals surface area (Å²) in [5.74, 6) is 0.122. The molecule has 3 aromatic carbocycles. The Kier molecular flexibility index (Phi) is 5.74. The molecule has 1 amide bonds. The quantitative estimate of drug-likeness (QED) is 0.260. The van der Waals surface area contributed by atoms with E-state index in [0.717, 1.165) is 10.3 Å². The van der Waals surface area contributed by atoms with Crippen LogP contribution >= 0.6 is 11.8 Å². The van der Waals surface area contributed by atoms with Crippen molar-refractivity contribution in [1.29, 1.82) is 5.26 Å². The monoisotopic (exact) mass is 426 g/mol. The summed E-state index contributed by atoms with van der Waals surface area (Å²) in [5, 5.41) is 22.3. The van der Waals surface area contributed by atoms with Crippen molar-refractivity contribution in [2.45, 2.75) is 4.90 Å². The Morgan fingerprint density at radius 3 is 2.55 bits per heavy atom. The molecule has 152 valence electrons. The Bertz CT molecular complexity index is 1320. The maximum absolute atomic E-state index is 12.2. The van der Waals surface area contributed by atoms with Gasteiger partial charge in [-0.25, -0.2) is 4.98 Å². The van der Waals surface area contributed by atoms with Crippen molar-refractivity contribution in [3.63, 3.8) is 0 Å². The smallest absolute Gasteiger partial charge is 0.248 e. The van der Waals surface area contributed by atoms with Crippen LogP contribution in [0.3, 0.4) is 0 Å². The molecule has 0 aliphatic heterocycles. The lowest BCUT2D eigenvalue weighted by molar-refractivity contribution is -0.111. The Hall–Kier alpha value is -4.02. The molecule has 0 spiro atoms. The number of nitrogens with one attached hydrogen (secondary N) is 1. The molecule has 0 unspecified atom stereocenters. The zero-order chi connectivity index (χ0) is 21.8. The molecule has 1 aromatic heterocycles. The summed E-state index contributed by atoms with van der Waals surface area (Å²) in [6, 6.07) is 21.9. The van der Waals surface area contributed by atoms with Crippen molar-refractivity contribution in [2.24, 2.45) is 0 Å². The molecule has 0 saturated heterocycles. The average Bonchev–Trinajstić information content (AvgIpc) is 3.14. The minimum absolute atomic E-state index is 0.236. The average molecular weight is 427 g/mol. The molecule has 0 fully saturated rings. The van der Waals surface area contributed by atoms with Gasteiger partial charge in [-0.05, 0) is 72.5 Å². The number of thioether (sulfide) groups is 1. The molecule has 0 atom stereocenters. The maximum atomic E-state index is 12.2. The van der Waals surface area contributed by atoms with Gasteiger partial charge in [0.2, 0.25) is 5.91 Å². The van der Waals surface area contributed by atoms with E-state index in [9.17, 15) is 10.0 Å². The van der Waals surface area contributed by atoms with E-state index in [1.807, 2.05) is 36.6 Å². The van der Waals surface area contributed by atoms with E-state index in [4.69, 9.17) is 5.26 Å². The molecule has 4 aromatic rings. The number of anilines is 1. The first kappa shape index (κ1) is 20.3. The summed E-state index contributed by atoms with van der Waals surface area (Å²) >= 11 is 1.67. The van der Waals surface area contributed by atoms with Crippen LogP contribution < -0.4 is 5.32 Å². The minimum Gasteiger partial charge on any atom is -0.426 e. The molecule has 0 saturated carbocycles. The van der Waals surface area contributed by atoms with Gasteiger partial charge in [0.15, 0.2) is 5.82 Å². The van der Waals surface area contributed by atoms with Crippen molar-refractivity contribution < 1.29 is 10.0 Å². The van der Waals surface area contributed by atoms with E-state index in [1.54, 1.807) is 60.3 Å². The van der Waals surface area contributed by atoms with Gasteiger partial charge in [-0.3, -0.25) is 4.79 Å². The predicted octanol–water partition coefficient (Wildman–Crippen LogP) is 5.19. The van der Waals surface area contributed by atoms with Gasteiger partial charge in [-0.15, -0.1) is 11.8 Å². The van der Waals surface area contributed by atoms with Gasteiger partial charge in [0.05, 0.1) is 17.1 Å². The first-order valence-electron chi connectivity index (χ1n) is 9.43. The van der Waals surface area contributed by atoms with Crippen LogP contribution in [0.25, 0.3) is 28.5 Å². The van der Waals surface area contributed by atoms with Crippen LogP contribution in [0.4, 0.5) is 5.69 Å². The van der Waals surface area contributed by atoms with E-state index < -0.39 is 0 Å². The number of amides is 1. The summed E-state index contributed by atoms with van der Waals surface area (Å²) in [4.78, 5) is 17.8. The third kappa shape index (κ3) is 4.44. The number of carbonyl (C=O) groups is 1. The summed E-state index contributed by atoms with van der Waals surface area (Å²) in [5.41, 5.74) is 3.75. The number of hydrogen-bond acceptors (Lipinski definition) is 5. The highest BCUT2D eigenvalue weighted by atomic mass is 32.2. The summed E-state index contributed by atoms with van der Waals surface area (Å²) < 4.78 is 0.967. The van der Waals surface area contributed by atoms with E-state index >= 15 is 0 Å². The molecule has 0 aliphatic rings. The van der Waals surface area contributed by atoms with Crippen LogP contribution in [-0.4, -0.2) is 27.1 Å². The van der Waals surface area contributed by atoms with Crippen molar-refractivity contribution in [2.75, 3.05) is 11.6 Å². The highest BCUT2D eigenvalue weighted by molar-refractivity contribution is 7.98. The van der Waals surface area contributed by atoms with Crippen LogP contribution in [0.5, 0.6) is 0 Å². The number of nitrogens with zero attached hydrogens (tertiary/aromatic N) is 3. The summed E-state index contributed by atoms with van der Waals surface area (Å²) in [7, 11) is 0. The van der Waals surface area contributed by atoms with Crippen molar-refractivity contribution in [3.8, 4) is 17.5 Å². The Labute approximate surface area is 183 Å². The summed E-state index contributed by atoms with van der Waals surface area (Å²) in [6.45, 7) is 0. The maximum Gasteiger partial charge on any atom is 0.248 e. The fourth-order valence-electron chi connectivity index (χ4n) is 3.09. The van der Waals surface area contributed by atoms with Crippen molar-refractivity contribution in [3.05, 3.63) is 83.9 Å². The number of aromatic nitrogens is 2. The number of hydrogen-bond donors (Lipinski definition) is 2. The van der Waals surface area contributed by atoms with Gasteiger partial charge in [0.1, 0.15) is 5.52 Å². The lowest BCUT2D eigenvalue weighted by atomic mass is 10.2. The van der Waals surface area contributed by atoms with E-state index in [1.165, 1.54) is 11.0 Å². The number of imidazole rings is 1. The highest BCUT2D eigenvalue weighted by Crippen LogP contribution is 2.25. The third-order valence-electron chi connectivity index (χ3n) is 4.71. The number of rotatable bonds is 5. The predicted molar refractivity (Wildman–Crippen MR) is 123 cm³/mol. The van der Waals surface area contributed by atoms with Gasteiger partial charge in [0.25, 0.3) is 0 Å². The minimum atomic E-state index is -0.236.